The van der Waals surface area contributed by atoms with Crippen LogP contribution in [-0.2, 0) is 0 Å². The van der Waals surface area contributed by atoms with Gasteiger partial charge in [-0.05, 0) is 34.9 Å². The molecule has 33 heavy (non-hydrogen) atoms. The third kappa shape index (κ3) is 4.84. The molecule has 8 heteroatoms. The van der Waals surface area contributed by atoms with Gasteiger partial charge in [-0.2, -0.15) is 10.4 Å². The van der Waals surface area contributed by atoms with Gasteiger partial charge in [-0.15, -0.1) is 0 Å². The molecule has 0 aliphatic carbocycles. The number of nitriles is 1. The van der Waals surface area contributed by atoms with Crippen LogP contribution in [0.25, 0.3) is 22.4 Å². The SMILES string of the molecule is N#Cc1c(-c2ccccc2)nc(NN=Cc2cccc(-c3cccc(C(=O)O)c3)c2)[nH]c1=O. The number of carboxylic acids is 1. The summed E-state index contributed by atoms with van der Waals surface area (Å²) in [5.74, 6) is -0.892. The summed E-state index contributed by atoms with van der Waals surface area (Å²) in [4.78, 5) is 30.4. The largest absolute Gasteiger partial charge is 0.478 e. The number of nitrogens with zero attached hydrogens (tertiary/aromatic N) is 3. The lowest BCUT2D eigenvalue weighted by atomic mass is 10.0. The maximum atomic E-state index is 12.3. The number of hydrazone groups is 1. The fourth-order valence-corrected chi connectivity index (χ4v) is 3.23. The van der Waals surface area contributed by atoms with Crippen LogP contribution in [0.3, 0.4) is 0 Å². The fourth-order valence-electron chi connectivity index (χ4n) is 3.23. The molecule has 0 amide bonds. The van der Waals surface area contributed by atoms with Crippen molar-refractivity contribution in [3.05, 3.63) is 106 Å². The average molecular weight is 435 g/mol. The second-order valence-corrected chi connectivity index (χ2v) is 7.00. The molecule has 3 N–H and O–H groups in total. The molecule has 0 unspecified atom stereocenters. The fraction of sp³-hybridized carbons (Fsp3) is 0. The van der Waals surface area contributed by atoms with Crippen molar-refractivity contribution in [3.63, 3.8) is 0 Å². The average Bonchev–Trinajstić information content (AvgIpc) is 2.84. The highest BCUT2D eigenvalue weighted by atomic mass is 16.4. The predicted octanol–water partition coefficient (Wildman–Crippen LogP) is 4.12. The first kappa shape index (κ1) is 21.2. The van der Waals surface area contributed by atoms with Gasteiger partial charge in [-0.25, -0.2) is 15.2 Å². The van der Waals surface area contributed by atoms with Crippen molar-refractivity contribution in [1.82, 2.24) is 9.97 Å². The first-order valence-corrected chi connectivity index (χ1v) is 9.88. The summed E-state index contributed by atoms with van der Waals surface area (Å²) in [5, 5.41) is 22.7. The minimum Gasteiger partial charge on any atom is -0.478 e. The first-order chi connectivity index (χ1) is 16.0. The number of benzene rings is 3. The van der Waals surface area contributed by atoms with Gasteiger partial charge in [-0.1, -0.05) is 60.7 Å². The van der Waals surface area contributed by atoms with Crippen LogP contribution in [-0.4, -0.2) is 27.3 Å². The standard InChI is InChI=1S/C25H17N5O3/c26-14-21-22(17-7-2-1-3-8-17)28-25(29-23(21)31)30-27-15-16-6-4-9-18(12-16)19-10-5-11-20(13-19)24(32)33/h1-13,15H,(H,32,33)(H2,28,29,30,31). The summed E-state index contributed by atoms with van der Waals surface area (Å²) in [6.45, 7) is 0. The van der Waals surface area contributed by atoms with E-state index in [-0.39, 0.29) is 22.8 Å². The van der Waals surface area contributed by atoms with Gasteiger partial charge in [0.05, 0.1) is 17.5 Å². The van der Waals surface area contributed by atoms with Crippen LogP contribution in [0.1, 0.15) is 21.5 Å². The molecule has 0 fully saturated rings. The number of aromatic carboxylic acids is 1. The molecule has 0 saturated carbocycles. The van der Waals surface area contributed by atoms with Gasteiger partial charge in [0.15, 0.2) is 0 Å². The van der Waals surface area contributed by atoms with E-state index in [0.29, 0.717) is 5.56 Å². The van der Waals surface area contributed by atoms with Crippen LogP contribution in [0.4, 0.5) is 5.95 Å². The van der Waals surface area contributed by atoms with Crippen LogP contribution in [0, 0.1) is 11.3 Å². The number of rotatable bonds is 6. The molecule has 0 aliphatic rings. The molecule has 3 aromatic carbocycles. The lowest BCUT2D eigenvalue weighted by molar-refractivity contribution is 0.0697. The van der Waals surface area contributed by atoms with E-state index in [1.54, 1.807) is 42.6 Å². The Labute approximate surface area is 188 Å². The number of carboxylic acid groups (broad SMARTS) is 1. The lowest BCUT2D eigenvalue weighted by Gasteiger charge is -2.06. The molecule has 0 bridgehead atoms. The monoisotopic (exact) mass is 435 g/mol. The Morgan fingerprint density at radius 2 is 1.70 bits per heavy atom. The van der Waals surface area contributed by atoms with E-state index in [2.05, 4.69) is 20.5 Å². The third-order valence-corrected chi connectivity index (χ3v) is 4.79. The number of aromatic nitrogens is 2. The number of carbonyl (C=O) groups is 1. The van der Waals surface area contributed by atoms with Gasteiger partial charge in [0.2, 0.25) is 5.95 Å². The Morgan fingerprint density at radius 1 is 1.00 bits per heavy atom. The molecule has 1 heterocycles. The molecule has 0 saturated heterocycles. The number of H-pyrrole nitrogens is 1. The highest BCUT2D eigenvalue weighted by Gasteiger charge is 2.12. The molecular weight excluding hydrogens is 418 g/mol. The molecule has 0 spiro atoms. The van der Waals surface area contributed by atoms with Crippen LogP contribution in [0.2, 0.25) is 0 Å². The third-order valence-electron chi connectivity index (χ3n) is 4.79. The Kier molecular flexibility index (Phi) is 6.05. The van der Waals surface area contributed by atoms with Crippen LogP contribution < -0.4 is 11.0 Å². The van der Waals surface area contributed by atoms with Gasteiger partial charge >= 0.3 is 5.97 Å². The van der Waals surface area contributed by atoms with Gasteiger partial charge in [0, 0.05) is 5.56 Å². The summed E-state index contributed by atoms with van der Waals surface area (Å²) in [6.07, 6.45) is 1.55. The van der Waals surface area contributed by atoms with Gasteiger partial charge in [0.1, 0.15) is 11.6 Å². The summed E-state index contributed by atoms with van der Waals surface area (Å²) in [6, 6.07) is 24.9. The van der Waals surface area contributed by atoms with E-state index in [1.165, 1.54) is 6.07 Å². The normalized spacial score (nSPS) is 10.6. The molecular formula is C25H17N5O3. The minimum atomic E-state index is -0.988. The van der Waals surface area contributed by atoms with Crippen LogP contribution >= 0.6 is 0 Å². The second-order valence-electron chi connectivity index (χ2n) is 7.00. The van der Waals surface area contributed by atoms with E-state index in [1.807, 2.05) is 42.5 Å². The van der Waals surface area contributed by atoms with Crippen molar-refractivity contribution >= 4 is 18.1 Å². The van der Waals surface area contributed by atoms with Crippen molar-refractivity contribution in [1.29, 1.82) is 5.26 Å². The van der Waals surface area contributed by atoms with Gasteiger partial charge in [0.25, 0.3) is 5.56 Å². The number of anilines is 1. The molecule has 160 valence electrons. The number of aromatic amines is 1. The minimum absolute atomic E-state index is 0.0768. The zero-order valence-corrected chi connectivity index (χ0v) is 17.2. The Morgan fingerprint density at radius 3 is 2.42 bits per heavy atom. The molecule has 0 aliphatic heterocycles. The van der Waals surface area contributed by atoms with Crippen LogP contribution in [0.15, 0.2) is 88.8 Å². The van der Waals surface area contributed by atoms with Crippen molar-refractivity contribution < 1.29 is 9.90 Å². The molecule has 4 aromatic rings. The van der Waals surface area contributed by atoms with E-state index in [9.17, 15) is 20.0 Å². The Bertz CT molecular complexity index is 1450. The highest BCUT2D eigenvalue weighted by molar-refractivity contribution is 5.90. The first-order valence-electron chi connectivity index (χ1n) is 9.88. The Hall–Kier alpha value is -5.03. The van der Waals surface area contributed by atoms with E-state index in [0.717, 1.165) is 16.7 Å². The van der Waals surface area contributed by atoms with Gasteiger partial charge < -0.3 is 5.11 Å². The molecule has 4 rings (SSSR count). The number of hydrogen-bond donors (Lipinski definition) is 3. The van der Waals surface area contributed by atoms with Crippen molar-refractivity contribution in [2.24, 2.45) is 5.10 Å². The zero-order valence-electron chi connectivity index (χ0n) is 17.2. The van der Waals surface area contributed by atoms with Crippen LogP contribution in [0.5, 0.6) is 0 Å². The van der Waals surface area contributed by atoms with Crippen molar-refractivity contribution in [3.8, 4) is 28.5 Å². The van der Waals surface area contributed by atoms with Gasteiger partial charge in [-0.3, -0.25) is 9.78 Å². The number of hydrogen-bond acceptors (Lipinski definition) is 6. The van der Waals surface area contributed by atoms with E-state index >= 15 is 0 Å². The zero-order chi connectivity index (χ0) is 23.2. The molecule has 8 nitrogen and oxygen atoms in total. The maximum Gasteiger partial charge on any atom is 0.335 e. The second kappa shape index (κ2) is 9.41. The summed E-state index contributed by atoms with van der Waals surface area (Å²) in [5.41, 5.74) is 5.51. The topological polar surface area (TPSA) is 131 Å². The predicted molar refractivity (Wildman–Crippen MR) is 125 cm³/mol. The molecule has 1 aromatic heterocycles. The number of nitrogens with one attached hydrogen (secondary N) is 2. The summed E-state index contributed by atoms with van der Waals surface area (Å²) >= 11 is 0. The Balaban J connectivity index is 1.58. The summed E-state index contributed by atoms with van der Waals surface area (Å²) < 4.78 is 0. The maximum absolute atomic E-state index is 12.3. The summed E-state index contributed by atoms with van der Waals surface area (Å²) in [7, 11) is 0. The van der Waals surface area contributed by atoms with E-state index in [4.69, 9.17) is 0 Å². The smallest absolute Gasteiger partial charge is 0.335 e. The molecule has 0 radical (unpaired) electrons. The van der Waals surface area contributed by atoms with Crippen molar-refractivity contribution in [2.45, 2.75) is 0 Å². The lowest BCUT2D eigenvalue weighted by Crippen LogP contribution is -2.16. The molecule has 0 atom stereocenters. The van der Waals surface area contributed by atoms with Crippen molar-refractivity contribution in [2.75, 3.05) is 5.43 Å². The quantitative estimate of drug-likeness (QED) is 0.308. The highest BCUT2D eigenvalue weighted by Crippen LogP contribution is 2.22. The van der Waals surface area contributed by atoms with E-state index < -0.39 is 11.5 Å².